The van der Waals surface area contributed by atoms with E-state index < -0.39 is 0 Å². The van der Waals surface area contributed by atoms with Crippen molar-refractivity contribution in [3.63, 3.8) is 0 Å². The third-order valence-corrected chi connectivity index (χ3v) is 9.58. The molecule has 0 fully saturated rings. The second kappa shape index (κ2) is 11.9. The maximum Gasteiger partial charge on any atom is 2.00 e. The zero-order chi connectivity index (χ0) is 34.4. The van der Waals surface area contributed by atoms with Crippen LogP contribution in [0.3, 0.4) is 0 Å². The Labute approximate surface area is 310 Å². The van der Waals surface area contributed by atoms with E-state index in [0.29, 0.717) is 11.5 Å². The van der Waals surface area contributed by atoms with Gasteiger partial charge in [0.1, 0.15) is 5.82 Å². The molecule has 5 aromatic heterocycles. The number of aromatic amines is 1. The van der Waals surface area contributed by atoms with Crippen molar-refractivity contribution in [1.29, 1.82) is 0 Å². The normalized spacial score (nSPS) is 12.4. The van der Waals surface area contributed by atoms with E-state index in [4.69, 9.17) is 9.72 Å². The second-order valence-corrected chi connectivity index (χ2v) is 15.0. The number of rotatable bonds is 4. The van der Waals surface area contributed by atoms with Gasteiger partial charge in [0.15, 0.2) is 5.52 Å². The fourth-order valence-electron chi connectivity index (χ4n) is 7.12. The Hall–Kier alpha value is -5.26. The van der Waals surface area contributed by atoms with Gasteiger partial charge in [0, 0.05) is 40.4 Å². The van der Waals surface area contributed by atoms with Crippen LogP contribution < -0.4 is 9.30 Å². The van der Waals surface area contributed by atoms with E-state index in [-0.39, 0.29) is 31.9 Å². The fraction of sp³-hybridized carbons (Fsp3) is 0.186. The molecule has 0 radical (unpaired) electrons. The van der Waals surface area contributed by atoms with E-state index in [1.165, 1.54) is 11.1 Å². The van der Waals surface area contributed by atoms with Gasteiger partial charge in [0.2, 0.25) is 5.65 Å². The van der Waals surface area contributed by atoms with Crippen LogP contribution >= 0.6 is 0 Å². The Morgan fingerprint density at radius 2 is 1.45 bits per heavy atom. The first-order valence-electron chi connectivity index (χ1n) is 17.0. The number of imidazole rings is 2. The first-order valence-corrected chi connectivity index (χ1v) is 17.0. The van der Waals surface area contributed by atoms with Crippen molar-refractivity contribution in [2.45, 2.75) is 52.4 Å². The number of fused-ring (bicyclic) bond motifs is 8. The molecule has 51 heavy (non-hydrogen) atoms. The number of ether oxygens (including phenoxy) is 1. The van der Waals surface area contributed by atoms with Gasteiger partial charge < -0.3 is 9.30 Å². The van der Waals surface area contributed by atoms with Gasteiger partial charge in [-0.3, -0.25) is 0 Å². The SMILES string of the molecule is CC(C)(C)c1ccc(-[n+]2c3ccc(Oc4[c-]c5c(cc4)c4ccccc4n5-c4ccccn4)[c-]c3n3c4ncccc4[nH]c32)c(C(C)(C)C)c1.[Pt+2]. The van der Waals surface area contributed by atoms with E-state index in [2.05, 4.69) is 138 Å². The number of H-pyrrole nitrogens is 1. The third kappa shape index (κ3) is 5.34. The van der Waals surface area contributed by atoms with Crippen LogP contribution in [0, 0.1) is 12.1 Å². The van der Waals surface area contributed by atoms with Gasteiger partial charge in [0.25, 0.3) is 0 Å². The number of aromatic nitrogens is 6. The molecule has 9 aromatic rings. The van der Waals surface area contributed by atoms with Crippen molar-refractivity contribution >= 4 is 49.8 Å². The van der Waals surface area contributed by atoms with Crippen LogP contribution in [-0.2, 0) is 31.9 Å². The molecule has 254 valence electrons. The number of para-hydroxylation sites is 1. The van der Waals surface area contributed by atoms with Gasteiger partial charge in [-0.2, -0.15) is 10.5 Å². The summed E-state index contributed by atoms with van der Waals surface area (Å²) in [6.45, 7) is 13.6. The molecule has 0 unspecified atom stereocenters. The van der Waals surface area contributed by atoms with Crippen LogP contribution in [-0.4, -0.2) is 23.9 Å². The van der Waals surface area contributed by atoms with Crippen molar-refractivity contribution in [3.05, 3.63) is 133 Å². The number of pyridine rings is 2. The molecule has 0 amide bonds. The monoisotopic (exact) mass is 848 g/mol. The number of nitrogens with one attached hydrogen (secondary N) is 1. The van der Waals surface area contributed by atoms with Crippen molar-refractivity contribution in [2.75, 3.05) is 0 Å². The molecule has 0 saturated heterocycles. The summed E-state index contributed by atoms with van der Waals surface area (Å²) in [5.41, 5.74) is 9.23. The average molecular weight is 849 g/mol. The molecule has 0 spiro atoms. The molecule has 0 aliphatic heterocycles. The molecule has 0 saturated carbocycles. The molecule has 0 aliphatic carbocycles. The summed E-state index contributed by atoms with van der Waals surface area (Å²) in [5.74, 6) is 2.92. The zero-order valence-corrected chi connectivity index (χ0v) is 31.6. The van der Waals surface area contributed by atoms with Crippen molar-refractivity contribution in [1.82, 2.24) is 23.9 Å². The average Bonchev–Trinajstić information content (AvgIpc) is 3.74. The Balaban J connectivity index is 0.00000374. The summed E-state index contributed by atoms with van der Waals surface area (Å²) < 4.78 is 13.2. The molecular formula is C43H37N6OPt+. The molecule has 7 nitrogen and oxygen atoms in total. The first-order chi connectivity index (χ1) is 24.1. The zero-order valence-electron chi connectivity index (χ0n) is 29.4. The quantitative estimate of drug-likeness (QED) is 0.142. The smallest absolute Gasteiger partial charge is 0.509 e. The maximum absolute atomic E-state index is 6.57. The molecule has 8 heteroatoms. The summed E-state index contributed by atoms with van der Waals surface area (Å²) in [5, 5.41) is 2.23. The first kappa shape index (κ1) is 32.9. The maximum atomic E-state index is 6.57. The molecule has 0 bridgehead atoms. The molecule has 0 aliphatic rings. The Kier molecular flexibility index (Phi) is 7.69. The molecule has 5 heterocycles. The predicted molar refractivity (Wildman–Crippen MR) is 200 cm³/mol. The second-order valence-electron chi connectivity index (χ2n) is 15.0. The largest absolute Gasteiger partial charge is 2.00 e. The minimum atomic E-state index is -0.104. The van der Waals surface area contributed by atoms with Crippen LogP contribution in [0.15, 0.2) is 109 Å². The number of benzene rings is 4. The van der Waals surface area contributed by atoms with Crippen LogP contribution in [0.1, 0.15) is 52.7 Å². The Morgan fingerprint density at radius 3 is 2.22 bits per heavy atom. The number of nitrogens with zero attached hydrogens (tertiary/aromatic N) is 5. The summed E-state index contributed by atoms with van der Waals surface area (Å²) in [7, 11) is 0. The standard InChI is InChI=1S/C43H36N6O.Pt/c1-42(2,3)27-16-20-35(32(24-27)43(4,5)6)48-36-21-18-29(26-38(36)49-40-33(46-41(48)49)13-11-23-45-40)50-28-17-19-31-30-12-7-8-14-34(30)47(37(31)25-28)39-15-9-10-22-44-39;/h7-24H,1-6H3;/q-2;+2/p+1. The minimum absolute atomic E-state index is 0. The van der Waals surface area contributed by atoms with Crippen molar-refractivity contribution in [2.24, 2.45) is 0 Å². The molecular weight excluding hydrogens is 812 g/mol. The summed E-state index contributed by atoms with van der Waals surface area (Å²) in [6.07, 6.45) is 3.64. The van der Waals surface area contributed by atoms with Crippen molar-refractivity contribution < 1.29 is 30.4 Å². The van der Waals surface area contributed by atoms with Crippen molar-refractivity contribution in [3.8, 4) is 23.0 Å². The molecule has 0 atom stereocenters. The summed E-state index contributed by atoms with van der Waals surface area (Å²) in [6, 6.07) is 40.6. The van der Waals surface area contributed by atoms with Crippen LogP contribution in [0.5, 0.6) is 11.5 Å². The van der Waals surface area contributed by atoms with Crippen LogP contribution in [0.4, 0.5) is 0 Å². The summed E-state index contributed by atoms with van der Waals surface area (Å²) in [4.78, 5) is 13.1. The van der Waals surface area contributed by atoms with Gasteiger partial charge in [-0.15, -0.1) is 29.7 Å². The Morgan fingerprint density at radius 1 is 0.706 bits per heavy atom. The van der Waals surface area contributed by atoms with Gasteiger partial charge in [-0.25, -0.2) is 19.5 Å². The van der Waals surface area contributed by atoms with Crippen LogP contribution in [0.25, 0.3) is 61.3 Å². The van der Waals surface area contributed by atoms with E-state index in [0.717, 1.165) is 61.3 Å². The fourth-order valence-corrected chi connectivity index (χ4v) is 7.12. The van der Waals surface area contributed by atoms with Crippen LogP contribution in [0.2, 0.25) is 0 Å². The van der Waals surface area contributed by atoms with E-state index >= 15 is 0 Å². The third-order valence-electron chi connectivity index (χ3n) is 9.58. The van der Waals surface area contributed by atoms with Gasteiger partial charge >= 0.3 is 26.8 Å². The number of hydrogen-bond acceptors (Lipinski definition) is 3. The minimum Gasteiger partial charge on any atom is -0.509 e. The molecule has 9 rings (SSSR count). The van der Waals surface area contributed by atoms with E-state index in [1.807, 2.05) is 48.8 Å². The van der Waals surface area contributed by atoms with Gasteiger partial charge in [-0.05, 0) is 63.7 Å². The van der Waals surface area contributed by atoms with Gasteiger partial charge in [-0.1, -0.05) is 89.5 Å². The topological polar surface area (TPSA) is 64.0 Å². The van der Waals surface area contributed by atoms with E-state index in [1.54, 1.807) is 0 Å². The summed E-state index contributed by atoms with van der Waals surface area (Å²) >= 11 is 0. The van der Waals surface area contributed by atoms with E-state index in [9.17, 15) is 0 Å². The predicted octanol–water partition coefficient (Wildman–Crippen LogP) is 9.72. The number of hydrogen-bond donors (Lipinski definition) is 1. The Bertz CT molecular complexity index is 2760. The molecule has 1 N–H and O–H groups in total. The molecule has 4 aromatic carbocycles. The van der Waals surface area contributed by atoms with Gasteiger partial charge in [0.05, 0.1) is 5.69 Å².